The molecule has 0 radical (unpaired) electrons. The van der Waals surface area contributed by atoms with Crippen LogP contribution in [0.15, 0.2) is 48.7 Å². The number of hydrogen-bond donors (Lipinski definition) is 1. The summed E-state index contributed by atoms with van der Waals surface area (Å²) in [6.07, 6.45) is 8.66. The Bertz CT molecular complexity index is 1050. The summed E-state index contributed by atoms with van der Waals surface area (Å²) in [5.41, 5.74) is 6.10. The van der Waals surface area contributed by atoms with E-state index in [1.54, 1.807) is 0 Å². The second-order valence-electron chi connectivity index (χ2n) is 9.14. The quantitative estimate of drug-likeness (QED) is 0.566. The van der Waals surface area contributed by atoms with Crippen molar-refractivity contribution >= 4 is 16.8 Å². The molecule has 1 aliphatic rings. The average molecular weight is 418 g/mol. The molecule has 1 heterocycles. The molecule has 31 heavy (non-hydrogen) atoms. The molecule has 2 aromatic carbocycles. The van der Waals surface area contributed by atoms with Gasteiger partial charge in [-0.1, -0.05) is 49.6 Å². The van der Waals surface area contributed by atoms with Crippen LogP contribution in [0.25, 0.3) is 22.0 Å². The van der Waals surface area contributed by atoms with Crippen molar-refractivity contribution in [3.8, 4) is 11.1 Å². The number of benzene rings is 2. The molecule has 0 atom stereocenters. The maximum Gasteiger partial charge on any atom is 0.239 e. The molecule has 0 bridgehead atoms. The van der Waals surface area contributed by atoms with Gasteiger partial charge in [0.25, 0.3) is 0 Å². The molecule has 164 valence electrons. The van der Waals surface area contributed by atoms with Crippen LogP contribution in [0.4, 0.5) is 0 Å². The zero-order valence-electron chi connectivity index (χ0n) is 19.2. The lowest BCUT2D eigenvalue weighted by atomic mass is 9.94. The van der Waals surface area contributed by atoms with E-state index in [1.165, 1.54) is 54.4 Å². The smallest absolute Gasteiger partial charge is 0.239 e. The summed E-state index contributed by atoms with van der Waals surface area (Å²) in [5, 5.41) is 4.28. The summed E-state index contributed by atoms with van der Waals surface area (Å²) < 4.78 is 2.06. The Morgan fingerprint density at radius 1 is 1.00 bits per heavy atom. The van der Waals surface area contributed by atoms with Gasteiger partial charge in [-0.25, -0.2) is 0 Å². The standard InChI is InChI=1S/C27H35N3O/c1-20-9-10-23(17-21(20)2)24-12-11-22-13-15-30(26(22)18-24)19-27(31)28-14-16-29(3)25-7-5-4-6-8-25/h9-13,15,17-18,25H,4-8,14,16,19H2,1-3H3,(H,28,31). The second kappa shape index (κ2) is 9.69. The van der Waals surface area contributed by atoms with Crippen molar-refractivity contribution in [3.05, 3.63) is 59.8 Å². The van der Waals surface area contributed by atoms with Crippen molar-refractivity contribution in [1.29, 1.82) is 0 Å². The third kappa shape index (κ3) is 5.19. The lowest BCUT2D eigenvalue weighted by Crippen LogP contribution is -2.40. The highest BCUT2D eigenvalue weighted by Crippen LogP contribution is 2.27. The molecule has 3 aromatic rings. The van der Waals surface area contributed by atoms with E-state index in [9.17, 15) is 4.79 Å². The number of aromatic nitrogens is 1. The fraction of sp³-hybridized carbons (Fsp3) is 0.444. The number of likely N-dealkylation sites (N-methyl/N-ethyl adjacent to an activating group) is 1. The minimum absolute atomic E-state index is 0.0751. The molecule has 4 rings (SSSR count). The molecule has 0 spiro atoms. The molecule has 1 fully saturated rings. The van der Waals surface area contributed by atoms with Crippen LogP contribution in [0, 0.1) is 13.8 Å². The maximum atomic E-state index is 12.6. The second-order valence-corrected chi connectivity index (χ2v) is 9.14. The van der Waals surface area contributed by atoms with Crippen LogP contribution < -0.4 is 5.32 Å². The Morgan fingerprint density at radius 2 is 1.74 bits per heavy atom. The van der Waals surface area contributed by atoms with Crippen LogP contribution in [0.1, 0.15) is 43.2 Å². The van der Waals surface area contributed by atoms with Gasteiger partial charge >= 0.3 is 0 Å². The van der Waals surface area contributed by atoms with Crippen LogP contribution in [-0.2, 0) is 11.3 Å². The highest BCUT2D eigenvalue weighted by atomic mass is 16.1. The Kier molecular flexibility index (Phi) is 6.77. The molecular formula is C27H35N3O. The lowest BCUT2D eigenvalue weighted by Gasteiger charge is -2.31. The van der Waals surface area contributed by atoms with E-state index in [-0.39, 0.29) is 5.91 Å². The number of hydrogen-bond acceptors (Lipinski definition) is 2. The van der Waals surface area contributed by atoms with Gasteiger partial charge in [-0.15, -0.1) is 0 Å². The molecule has 1 N–H and O–H groups in total. The van der Waals surface area contributed by atoms with Crippen LogP contribution in [-0.4, -0.2) is 41.6 Å². The van der Waals surface area contributed by atoms with E-state index in [0.29, 0.717) is 19.1 Å². The average Bonchev–Trinajstić information content (AvgIpc) is 3.18. The van der Waals surface area contributed by atoms with Crippen molar-refractivity contribution in [2.24, 2.45) is 0 Å². The van der Waals surface area contributed by atoms with Gasteiger partial charge in [0, 0.05) is 30.8 Å². The van der Waals surface area contributed by atoms with E-state index < -0.39 is 0 Å². The number of amides is 1. The fourth-order valence-electron chi connectivity index (χ4n) is 4.71. The Labute approximate surface area is 186 Å². The Balaban J connectivity index is 1.38. The monoisotopic (exact) mass is 417 g/mol. The van der Waals surface area contributed by atoms with Gasteiger partial charge in [0.05, 0.1) is 0 Å². The predicted molar refractivity (Wildman–Crippen MR) is 129 cm³/mol. The topological polar surface area (TPSA) is 37.3 Å². The number of fused-ring (bicyclic) bond motifs is 1. The number of nitrogens with zero attached hydrogens (tertiary/aromatic N) is 2. The van der Waals surface area contributed by atoms with Gasteiger partial charge in [-0.3, -0.25) is 4.79 Å². The van der Waals surface area contributed by atoms with E-state index in [1.807, 2.05) is 6.20 Å². The van der Waals surface area contributed by atoms with Gasteiger partial charge < -0.3 is 14.8 Å². The SMILES string of the molecule is Cc1ccc(-c2ccc3ccn(CC(=O)NCCN(C)C4CCCCC4)c3c2)cc1C. The van der Waals surface area contributed by atoms with E-state index in [0.717, 1.165) is 17.4 Å². The molecule has 1 aromatic heterocycles. The van der Waals surface area contributed by atoms with E-state index >= 15 is 0 Å². The van der Waals surface area contributed by atoms with Gasteiger partial charge in [0.2, 0.25) is 5.91 Å². The summed E-state index contributed by atoms with van der Waals surface area (Å²) in [7, 11) is 2.19. The fourth-order valence-corrected chi connectivity index (χ4v) is 4.71. The molecule has 1 saturated carbocycles. The molecule has 4 heteroatoms. The van der Waals surface area contributed by atoms with Crippen molar-refractivity contribution in [3.63, 3.8) is 0 Å². The van der Waals surface area contributed by atoms with Crippen molar-refractivity contribution in [2.75, 3.05) is 20.1 Å². The molecule has 1 aliphatic carbocycles. The van der Waals surface area contributed by atoms with Gasteiger partial charge in [-0.05, 0) is 73.5 Å². The Morgan fingerprint density at radius 3 is 2.52 bits per heavy atom. The summed E-state index contributed by atoms with van der Waals surface area (Å²) in [6.45, 7) is 6.26. The van der Waals surface area contributed by atoms with Crippen molar-refractivity contribution < 1.29 is 4.79 Å². The highest BCUT2D eigenvalue weighted by molar-refractivity contribution is 5.87. The summed E-state index contributed by atoms with van der Waals surface area (Å²) >= 11 is 0. The normalized spacial score (nSPS) is 15.0. The van der Waals surface area contributed by atoms with Crippen molar-refractivity contribution in [2.45, 2.75) is 58.5 Å². The third-order valence-corrected chi connectivity index (χ3v) is 6.91. The molecule has 0 aliphatic heterocycles. The largest absolute Gasteiger partial charge is 0.353 e. The summed E-state index contributed by atoms with van der Waals surface area (Å²) in [6, 6.07) is 15.9. The number of rotatable bonds is 7. The molecule has 4 nitrogen and oxygen atoms in total. The first kappa shape index (κ1) is 21.6. The number of aryl methyl sites for hydroxylation is 2. The lowest BCUT2D eigenvalue weighted by molar-refractivity contribution is -0.121. The molecule has 0 unspecified atom stereocenters. The maximum absolute atomic E-state index is 12.6. The first-order valence-corrected chi connectivity index (χ1v) is 11.6. The van der Waals surface area contributed by atoms with E-state index in [4.69, 9.17) is 0 Å². The zero-order valence-corrected chi connectivity index (χ0v) is 19.2. The zero-order chi connectivity index (χ0) is 21.8. The molecule has 1 amide bonds. The van der Waals surface area contributed by atoms with Crippen molar-refractivity contribution in [1.82, 2.24) is 14.8 Å². The first-order chi connectivity index (χ1) is 15.0. The predicted octanol–water partition coefficient (Wildman–Crippen LogP) is 5.31. The van der Waals surface area contributed by atoms with Gasteiger partial charge in [0.15, 0.2) is 0 Å². The van der Waals surface area contributed by atoms with Crippen LogP contribution in [0.2, 0.25) is 0 Å². The summed E-state index contributed by atoms with van der Waals surface area (Å²) in [5.74, 6) is 0.0751. The number of carbonyl (C=O) groups excluding carboxylic acids is 1. The molecule has 0 saturated heterocycles. The number of carbonyl (C=O) groups is 1. The van der Waals surface area contributed by atoms with Crippen LogP contribution in [0.3, 0.4) is 0 Å². The minimum atomic E-state index is 0.0751. The summed E-state index contributed by atoms with van der Waals surface area (Å²) in [4.78, 5) is 15.0. The van der Waals surface area contributed by atoms with Crippen LogP contribution in [0.5, 0.6) is 0 Å². The highest BCUT2D eigenvalue weighted by Gasteiger charge is 2.17. The Hall–Kier alpha value is -2.59. The van der Waals surface area contributed by atoms with Crippen LogP contribution >= 0.6 is 0 Å². The van der Waals surface area contributed by atoms with Gasteiger partial charge in [0.1, 0.15) is 6.54 Å². The minimum Gasteiger partial charge on any atom is -0.353 e. The van der Waals surface area contributed by atoms with Gasteiger partial charge in [-0.2, -0.15) is 0 Å². The van der Waals surface area contributed by atoms with E-state index in [2.05, 4.69) is 78.1 Å². The first-order valence-electron chi connectivity index (χ1n) is 11.6. The molecular weight excluding hydrogens is 382 g/mol. The number of nitrogens with one attached hydrogen (secondary N) is 1. The third-order valence-electron chi connectivity index (χ3n) is 6.91.